The Bertz CT molecular complexity index is 1250. The Morgan fingerprint density at radius 3 is 2.55 bits per heavy atom. The summed E-state index contributed by atoms with van der Waals surface area (Å²) in [5, 5.41) is 0. The molecule has 4 fully saturated rings. The summed E-state index contributed by atoms with van der Waals surface area (Å²) in [5.74, 6) is 0.346. The van der Waals surface area contributed by atoms with Crippen LogP contribution < -0.4 is 16.5 Å². The molecule has 1 saturated carbocycles. The molecule has 2 aromatic heterocycles. The number of imidazole rings is 1. The van der Waals surface area contributed by atoms with Crippen molar-refractivity contribution < 1.29 is 22.6 Å². The van der Waals surface area contributed by atoms with Gasteiger partial charge in [-0.1, -0.05) is 6.42 Å². The topological polar surface area (TPSA) is 75.4 Å². The van der Waals surface area contributed by atoms with Crippen LogP contribution >= 0.6 is 0 Å². The fourth-order valence-corrected chi connectivity index (χ4v) is 7.36. The van der Waals surface area contributed by atoms with Gasteiger partial charge in [0, 0.05) is 50.6 Å². The van der Waals surface area contributed by atoms with E-state index in [9.17, 15) is 18.0 Å². The number of nitrogens with zero attached hydrogens (tertiary/aromatic N) is 4. The number of halogens is 3. The van der Waals surface area contributed by atoms with Gasteiger partial charge in [-0.3, -0.25) is 18.8 Å². The highest BCUT2D eigenvalue weighted by molar-refractivity contribution is 5.56. The number of likely N-dealkylation sites (tertiary alicyclic amines) is 1. The van der Waals surface area contributed by atoms with Gasteiger partial charge in [-0.15, -0.1) is 0 Å². The summed E-state index contributed by atoms with van der Waals surface area (Å²) >= 11 is 0. The molecule has 4 aliphatic rings. The van der Waals surface area contributed by atoms with Crippen molar-refractivity contribution in [2.45, 2.75) is 76.0 Å². The molecule has 40 heavy (non-hydrogen) atoms. The van der Waals surface area contributed by atoms with Crippen molar-refractivity contribution in [1.82, 2.24) is 29.6 Å². The number of pyridine rings is 1. The van der Waals surface area contributed by atoms with E-state index in [4.69, 9.17) is 9.47 Å². The second kappa shape index (κ2) is 11.0. The van der Waals surface area contributed by atoms with Crippen LogP contribution in [0.3, 0.4) is 0 Å². The van der Waals surface area contributed by atoms with E-state index in [1.807, 2.05) is 0 Å². The lowest BCUT2D eigenvalue weighted by Gasteiger charge is -2.51. The van der Waals surface area contributed by atoms with E-state index in [-0.39, 0.29) is 34.9 Å². The highest BCUT2D eigenvalue weighted by Crippen LogP contribution is 2.49. The number of ether oxygens (including phenoxy) is 2. The lowest BCUT2D eigenvalue weighted by molar-refractivity contribution is -0.167. The Labute approximate surface area is 232 Å². The lowest BCUT2D eigenvalue weighted by atomic mass is 9.64. The molecule has 2 N–H and O–H groups in total. The second-order valence-corrected chi connectivity index (χ2v) is 12.4. The average Bonchev–Trinajstić information content (AvgIpc) is 3.48. The molecule has 9 nitrogen and oxygen atoms in total. The number of piperidine rings is 1. The van der Waals surface area contributed by atoms with Crippen molar-refractivity contribution in [2.75, 3.05) is 47.1 Å². The van der Waals surface area contributed by atoms with E-state index in [0.717, 1.165) is 64.7 Å². The molecule has 3 saturated heterocycles. The van der Waals surface area contributed by atoms with E-state index in [1.54, 1.807) is 17.9 Å². The predicted octanol–water partition coefficient (Wildman–Crippen LogP) is 3.19. The summed E-state index contributed by atoms with van der Waals surface area (Å²) in [7, 11) is 3.77. The third-order valence-electron chi connectivity index (χ3n) is 9.84. The first kappa shape index (κ1) is 28.2. The maximum Gasteiger partial charge on any atom is 0.418 e. The van der Waals surface area contributed by atoms with Crippen molar-refractivity contribution in [2.24, 2.45) is 11.3 Å². The van der Waals surface area contributed by atoms with E-state index >= 15 is 0 Å². The molecule has 3 atom stereocenters. The number of fused-ring (bicyclic) bond motifs is 1. The summed E-state index contributed by atoms with van der Waals surface area (Å²) in [5.41, 5.74) is 5.86. The second-order valence-electron chi connectivity index (χ2n) is 12.4. The Morgan fingerprint density at radius 2 is 1.93 bits per heavy atom. The van der Waals surface area contributed by atoms with Crippen LogP contribution in [-0.2, 0) is 22.2 Å². The normalized spacial score (nSPS) is 28.8. The molecule has 3 unspecified atom stereocenters. The van der Waals surface area contributed by atoms with E-state index in [0.29, 0.717) is 31.2 Å². The van der Waals surface area contributed by atoms with Crippen LogP contribution in [0.4, 0.5) is 13.2 Å². The first-order chi connectivity index (χ1) is 19.2. The van der Waals surface area contributed by atoms with Crippen LogP contribution in [-0.4, -0.2) is 78.2 Å². The van der Waals surface area contributed by atoms with Crippen molar-refractivity contribution in [1.29, 1.82) is 0 Å². The number of hydrogen-bond acceptors (Lipinski definition) is 7. The molecule has 0 amide bonds. The molecule has 2 aromatic rings. The third kappa shape index (κ3) is 5.34. The number of hydrogen-bond donors (Lipinski definition) is 2. The predicted molar refractivity (Wildman–Crippen MR) is 144 cm³/mol. The number of nitrogens with one attached hydrogen (secondary N) is 2. The minimum Gasteiger partial charge on any atom is -0.381 e. The summed E-state index contributed by atoms with van der Waals surface area (Å²) in [6, 6.07) is 1.10. The van der Waals surface area contributed by atoms with Crippen molar-refractivity contribution >= 4 is 5.52 Å². The van der Waals surface area contributed by atoms with Gasteiger partial charge in [-0.05, 0) is 63.1 Å². The minimum atomic E-state index is -4.56. The minimum absolute atomic E-state index is 0.0138. The molecular weight excluding hydrogens is 525 g/mol. The van der Waals surface area contributed by atoms with Crippen LogP contribution in [0.25, 0.3) is 5.52 Å². The Kier molecular flexibility index (Phi) is 7.77. The van der Waals surface area contributed by atoms with E-state index < -0.39 is 11.7 Å². The molecule has 222 valence electrons. The van der Waals surface area contributed by atoms with Gasteiger partial charge in [0.05, 0.1) is 43.2 Å². The molecule has 0 radical (unpaired) electrons. The Morgan fingerprint density at radius 1 is 1.15 bits per heavy atom. The maximum atomic E-state index is 14.3. The van der Waals surface area contributed by atoms with Crippen molar-refractivity contribution in [3.8, 4) is 0 Å². The van der Waals surface area contributed by atoms with Gasteiger partial charge in [-0.25, -0.2) is 15.6 Å². The number of aromatic nitrogens is 2. The van der Waals surface area contributed by atoms with Gasteiger partial charge in [0.2, 0.25) is 0 Å². The van der Waals surface area contributed by atoms with Gasteiger partial charge >= 0.3 is 11.9 Å². The van der Waals surface area contributed by atoms with Gasteiger partial charge in [0.25, 0.3) is 0 Å². The van der Waals surface area contributed by atoms with Crippen LogP contribution in [0.5, 0.6) is 0 Å². The molecule has 12 heteroatoms. The molecule has 0 aromatic carbocycles. The van der Waals surface area contributed by atoms with E-state index in [2.05, 4.69) is 27.7 Å². The fraction of sp³-hybridized carbons (Fsp3) is 0.750. The van der Waals surface area contributed by atoms with Gasteiger partial charge in [-0.2, -0.15) is 13.2 Å². The van der Waals surface area contributed by atoms with Crippen LogP contribution in [0.2, 0.25) is 0 Å². The first-order valence-electron chi connectivity index (χ1n) is 14.5. The molecule has 0 bridgehead atoms. The van der Waals surface area contributed by atoms with Crippen LogP contribution in [0.1, 0.15) is 62.1 Å². The Hall–Kier alpha value is -1.96. The molecule has 6 rings (SSSR count). The number of hydrazine groups is 1. The molecule has 3 aliphatic heterocycles. The highest BCUT2D eigenvalue weighted by Gasteiger charge is 2.49. The first-order valence-corrected chi connectivity index (χ1v) is 14.5. The summed E-state index contributed by atoms with van der Waals surface area (Å²) in [6.07, 6.45) is 5.08. The SMILES string of the molecule is COC1CCN(Cc2cc(C(F)(F)F)c3cn(C4CCCC(C5(CC6NNCN6C)COC5)C4)c(=O)n3c2)CC1. The van der Waals surface area contributed by atoms with Gasteiger partial charge in [0.15, 0.2) is 0 Å². The average molecular weight is 567 g/mol. The fourth-order valence-electron chi connectivity index (χ4n) is 7.36. The molecular formula is C28H41F3N6O3. The number of methoxy groups -OCH3 is 1. The summed E-state index contributed by atoms with van der Waals surface area (Å²) in [4.78, 5) is 18.0. The number of alkyl halides is 3. The zero-order valence-corrected chi connectivity index (χ0v) is 23.4. The monoisotopic (exact) mass is 566 g/mol. The van der Waals surface area contributed by atoms with E-state index in [1.165, 1.54) is 16.7 Å². The zero-order valence-electron chi connectivity index (χ0n) is 23.4. The van der Waals surface area contributed by atoms with Gasteiger partial charge < -0.3 is 9.47 Å². The quantitative estimate of drug-likeness (QED) is 0.533. The molecule has 0 spiro atoms. The summed E-state index contributed by atoms with van der Waals surface area (Å²) in [6.45, 7) is 4.03. The smallest absolute Gasteiger partial charge is 0.381 e. The Balaban J connectivity index is 1.26. The summed E-state index contributed by atoms with van der Waals surface area (Å²) < 4.78 is 56.8. The van der Waals surface area contributed by atoms with Crippen molar-refractivity contribution in [3.05, 3.63) is 40.1 Å². The van der Waals surface area contributed by atoms with Crippen LogP contribution in [0, 0.1) is 11.3 Å². The third-order valence-corrected chi connectivity index (χ3v) is 9.84. The van der Waals surface area contributed by atoms with Crippen LogP contribution in [0.15, 0.2) is 23.3 Å². The maximum absolute atomic E-state index is 14.3. The molecule has 5 heterocycles. The number of rotatable bonds is 7. The molecule has 1 aliphatic carbocycles. The zero-order chi connectivity index (χ0) is 28.1. The highest BCUT2D eigenvalue weighted by atomic mass is 19.4. The van der Waals surface area contributed by atoms with Crippen molar-refractivity contribution in [3.63, 3.8) is 0 Å². The standard InChI is InChI=1S/C28H41F3N6O3/c1-34-18-32-33-25(34)12-27(16-40-17-27)20-4-3-5-21(11-20)36-15-24-23(28(29,30)31)10-19(14-37(24)26(36)38)13-35-8-6-22(39-2)7-9-35/h10,14-15,20-22,25,32-33H,3-9,11-13,16-18H2,1-2H3. The lowest BCUT2D eigenvalue weighted by Crippen LogP contribution is -2.54. The largest absolute Gasteiger partial charge is 0.418 e. The van der Waals surface area contributed by atoms with Gasteiger partial charge in [0.1, 0.15) is 0 Å².